The summed E-state index contributed by atoms with van der Waals surface area (Å²) in [5.41, 5.74) is 0. The minimum absolute atomic E-state index is 0.157. The zero-order chi connectivity index (χ0) is 16.8. The molecule has 0 aliphatic carbocycles. The van der Waals surface area contributed by atoms with E-state index < -0.39 is 16.1 Å². The Kier molecular flexibility index (Phi) is 8.03. The fourth-order valence-corrected chi connectivity index (χ4v) is 3.84. The number of sulfonamides is 1. The molecular formula is C16H26BrNO3S. The van der Waals surface area contributed by atoms with Crippen molar-refractivity contribution in [3.8, 4) is 0 Å². The quantitative estimate of drug-likeness (QED) is 0.634. The molecule has 6 heteroatoms. The van der Waals surface area contributed by atoms with Gasteiger partial charge in [-0.2, -0.15) is 0 Å². The minimum atomic E-state index is -3.57. The van der Waals surface area contributed by atoms with Crippen molar-refractivity contribution in [2.24, 2.45) is 5.92 Å². The molecule has 22 heavy (non-hydrogen) atoms. The Morgan fingerprint density at radius 1 is 1.18 bits per heavy atom. The molecular weight excluding hydrogens is 366 g/mol. The number of hydrogen-bond acceptors (Lipinski definition) is 3. The second kappa shape index (κ2) is 9.01. The molecule has 0 aliphatic heterocycles. The van der Waals surface area contributed by atoms with Crippen molar-refractivity contribution in [2.75, 3.05) is 0 Å². The maximum Gasteiger partial charge on any atom is 0.240 e. The Bertz CT molecular complexity index is 534. The Labute approximate surface area is 142 Å². The maximum atomic E-state index is 12.5. The number of alkyl halides is 1. The lowest BCUT2D eigenvalue weighted by atomic mass is 9.93. The van der Waals surface area contributed by atoms with E-state index in [1.165, 1.54) is 0 Å². The third-order valence-electron chi connectivity index (χ3n) is 3.99. The van der Waals surface area contributed by atoms with Crippen LogP contribution in [0.25, 0.3) is 0 Å². The fraction of sp³-hybridized carbons (Fsp3) is 0.625. The number of rotatable bonds is 9. The van der Waals surface area contributed by atoms with Crippen molar-refractivity contribution in [2.45, 2.75) is 61.9 Å². The van der Waals surface area contributed by atoms with E-state index >= 15 is 0 Å². The van der Waals surface area contributed by atoms with Gasteiger partial charge >= 0.3 is 0 Å². The molecule has 1 aromatic rings. The van der Waals surface area contributed by atoms with E-state index in [2.05, 4.69) is 27.6 Å². The number of aliphatic hydroxyl groups is 1. The maximum absolute atomic E-state index is 12.5. The van der Waals surface area contributed by atoms with Crippen LogP contribution in [0, 0.1) is 5.92 Å². The van der Waals surface area contributed by atoms with Gasteiger partial charge in [0.05, 0.1) is 11.0 Å². The number of aliphatic hydroxyl groups excluding tert-OH is 1. The highest BCUT2D eigenvalue weighted by molar-refractivity contribution is 9.09. The summed E-state index contributed by atoms with van der Waals surface area (Å²) in [5.74, 6) is -0.157. The third kappa shape index (κ3) is 5.99. The highest BCUT2D eigenvalue weighted by Crippen LogP contribution is 2.21. The van der Waals surface area contributed by atoms with Crippen LogP contribution in [0.3, 0.4) is 0 Å². The van der Waals surface area contributed by atoms with E-state index in [0.29, 0.717) is 11.2 Å². The first-order chi connectivity index (χ1) is 10.3. The Balaban J connectivity index is 2.87. The van der Waals surface area contributed by atoms with E-state index in [1.54, 1.807) is 37.3 Å². The van der Waals surface area contributed by atoms with Crippen LogP contribution in [0.1, 0.15) is 40.0 Å². The smallest absolute Gasteiger partial charge is 0.240 e. The summed E-state index contributed by atoms with van der Waals surface area (Å²) in [6, 6.07) is 8.04. The predicted molar refractivity (Wildman–Crippen MR) is 93.6 cm³/mol. The lowest BCUT2D eigenvalue weighted by Crippen LogP contribution is -2.43. The van der Waals surface area contributed by atoms with Crippen molar-refractivity contribution in [1.82, 2.24) is 4.72 Å². The van der Waals surface area contributed by atoms with Crippen LogP contribution in [0.2, 0.25) is 0 Å². The molecule has 1 rings (SSSR count). The predicted octanol–water partition coefficient (Wildman–Crippen LogP) is 3.30. The average Bonchev–Trinajstić information content (AvgIpc) is 2.50. The van der Waals surface area contributed by atoms with Gasteiger partial charge in [0.15, 0.2) is 0 Å². The van der Waals surface area contributed by atoms with Crippen molar-refractivity contribution in [1.29, 1.82) is 0 Å². The van der Waals surface area contributed by atoms with E-state index in [0.717, 1.165) is 12.8 Å². The summed E-state index contributed by atoms with van der Waals surface area (Å²) < 4.78 is 27.7. The number of nitrogens with one attached hydrogen (secondary N) is 1. The summed E-state index contributed by atoms with van der Waals surface area (Å²) in [6.45, 7) is 5.65. The zero-order valence-electron chi connectivity index (χ0n) is 13.4. The molecule has 4 atom stereocenters. The summed E-state index contributed by atoms with van der Waals surface area (Å²) in [4.78, 5) is 0.612. The normalized spacial score (nSPS) is 17.7. The van der Waals surface area contributed by atoms with Gasteiger partial charge in [0, 0.05) is 10.9 Å². The molecule has 2 N–H and O–H groups in total. The van der Waals surface area contributed by atoms with Gasteiger partial charge in [0.2, 0.25) is 10.0 Å². The molecule has 0 bridgehead atoms. The highest BCUT2D eigenvalue weighted by atomic mass is 79.9. The monoisotopic (exact) mass is 391 g/mol. The summed E-state index contributed by atoms with van der Waals surface area (Å²) >= 11 is 3.58. The molecule has 2 unspecified atom stereocenters. The van der Waals surface area contributed by atoms with Crippen molar-refractivity contribution < 1.29 is 13.5 Å². The second-order valence-corrected chi connectivity index (χ2v) is 8.73. The molecule has 0 spiro atoms. The molecule has 1 aromatic carbocycles. The van der Waals surface area contributed by atoms with Crippen LogP contribution >= 0.6 is 15.9 Å². The molecule has 0 heterocycles. The van der Waals surface area contributed by atoms with E-state index in [1.807, 2.05) is 6.92 Å². The van der Waals surface area contributed by atoms with E-state index in [4.69, 9.17) is 0 Å². The standard InChI is InChI=1S/C16H26BrNO3S/c1-4-14(17)10-11-16(12(2)13(3)19)18-22(20,21)15-8-6-5-7-9-15/h5-9,12-14,16,18-19H,4,10-11H2,1-3H3/t12-,13+,14?,16?/m1/s1. The van der Waals surface area contributed by atoms with Crippen LogP contribution in [0.15, 0.2) is 35.2 Å². The minimum Gasteiger partial charge on any atom is -0.393 e. The van der Waals surface area contributed by atoms with Gasteiger partial charge in [0.25, 0.3) is 0 Å². The molecule has 4 nitrogen and oxygen atoms in total. The molecule has 0 radical (unpaired) electrons. The lowest BCUT2D eigenvalue weighted by Gasteiger charge is -2.27. The van der Waals surface area contributed by atoms with Crippen LogP contribution in [0.4, 0.5) is 0 Å². The summed E-state index contributed by atoms with van der Waals surface area (Å²) in [6.07, 6.45) is 1.96. The van der Waals surface area contributed by atoms with Gasteiger partial charge < -0.3 is 5.11 Å². The molecule has 126 valence electrons. The number of hydrogen-bond donors (Lipinski definition) is 2. The molecule has 0 aliphatic rings. The summed E-state index contributed by atoms with van der Waals surface area (Å²) in [7, 11) is -3.57. The first-order valence-corrected chi connectivity index (χ1v) is 10.1. The number of benzene rings is 1. The Morgan fingerprint density at radius 2 is 1.77 bits per heavy atom. The van der Waals surface area contributed by atoms with Crippen molar-refractivity contribution in [3.05, 3.63) is 30.3 Å². The van der Waals surface area contributed by atoms with Crippen LogP contribution < -0.4 is 4.72 Å². The topological polar surface area (TPSA) is 66.4 Å². The van der Waals surface area contributed by atoms with E-state index in [9.17, 15) is 13.5 Å². The van der Waals surface area contributed by atoms with Crippen LogP contribution in [0.5, 0.6) is 0 Å². The zero-order valence-corrected chi connectivity index (χ0v) is 15.8. The van der Waals surface area contributed by atoms with Crippen molar-refractivity contribution in [3.63, 3.8) is 0 Å². The first-order valence-electron chi connectivity index (χ1n) is 7.67. The van der Waals surface area contributed by atoms with Gasteiger partial charge in [-0.05, 0) is 44.2 Å². The highest BCUT2D eigenvalue weighted by Gasteiger charge is 2.27. The fourth-order valence-electron chi connectivity index (χ4n) is 2.20. The molecule has 0 aromatic heterocycles. The van der Waals surface area contributed by atoms with Crippen LogP contribution in [-0.2, 0) is 10.0 Å². The summed E-state index contributed by atoms with van der Waals surface area (Å²) in [5, 5.41) is 9.83. The molecule has 0 saturated carbocycles. The van der Waals surface area contributed by atoms with Crippen molar-refractivity contribution >= 4 is 26.0 Å². The largest absolute Gasteiger partial charge is 0.393 e. The lowest BCUT2D eigenvalue weighted by molar-refractivity contribution is 0.113. The average molecular weight is 392 g/mol. The van der Waals surface area contributed by atoms with Gasteiger partial charge in [-0.1, -0.05) is 48.0 Å². The SMILES string of the molecule is CCC(Br)CCC(NS(=O)(=O)c1ccccc1)[C@H](C)[C@H](C)O. The Morgan fingerprint density at radius 3 is 2.27 bits per heavy atom. The van der Waals surface area contributed by atoms with Gasteiger partial charge in [-0.3, -0.25) is 0 Å². The van der Waals surface area contributed by atoms with Gasteiger partial charge in [0.1, 0.15) is 0 Å². The molecule has 0 fully saturated rings. The third-order valence-corrected chi connectivity index (χ3v) is 6.60. The first kappa shape index (κ1) is 19.6. The van der Waals surface area contributed by atoms with Gasteiger partial charge in [-0.25, -0.2) is 13.1 Å². The number of halogens is 1. The van der Waals surface area contributed by atoms with Crippen LogP contribution in [-0.4, -0.2) is 30.5 Å². The second-order valence-electron chi connectivity index (χ2n) is 5.72. The molecule has 0 amide bonds. The van der Waals surface area contributed by atoms with E-state index in [-0.39, 0.29) is 16.9 Å². The Hall–Kier alpha value is -0.430. The van der Waals surface area contributed by atoms with Gasteiger partial charge in [-0.15, -0.1) is 0 Å². The molecule has 0 saturated heterocycles.